The van der Waals surface area contributed by atoms with E-state index in [1.165, 1.54) is 0 Å². The van der Waals surface area contributed by atoms with Crippen molar-refractivity contribution in [3.8, 4) is 11.3 Å². The number of aromatic nitrogens is 1. The van der Waals surface area contributed by atoms with E-state index >= 15 is 0 Å². The number of amides is 2. The highest BCUT2D eigenvalue weighted by Crippen LogP contribution is 2.30. The van der Waals surface area contributed by atoms with Gasteiger partial charge < -0.3 is 20.5 Å². The van der Waals surface area contributed by atoms with Gasteiger partial charge in [-0.3, -0.25) is 14.4 Å². The fourth-order valence-electron chi connectivity index (χ4n) is 2.35. The molecule has 110 valence electrons. The summed E-state index contributed by atoms with van der Waals surface area (Å²) in [4.78, 5) is 35.8. The van der Waals surface area contributed by atoms with Gasteiger partial charge in [0, 0.05) is 16.5 Å². The average molecular weight is 297 g/mol. The zero-order valence-electron chi connectivity index (χ0n) is 11.3. The molecule has 0 atom stereocenters. The van der Waals surface area contributed by atoms with Crippen molar-refractivity contribution in [2.45, 2.75) is 0 Å². The van der Waals surface area contributed by atoms with E-state index in [9.17, 15) is 14.4 Å². The van der Waals surface area contributed by atoms with Gasteiger partial charge in [-0.15, -0.1) is 0 Å². The Kier molecular flexibility index (Phi) is 3.23. The van der Waals surface area contributed by atoms with E-state index in [1.54, 1.807) is 30.3 Å². The number of hydrogen-bond donors (Lipinski definition) is 3. The van der Waals surface area contributed by atoms with Crippen LogP contribution in [0.4, 0.5) is 5.82 Å². The molecular formula is C15H11N3O4. The minimum absolute atomic E-state index is 0.210. The molecule has 2 amide bonds. The molecule has 0 aliphatic rings. The molecule has 2 aromatic heterocycles. The van der Waals surface area contributed by atoms with Gasteiger partial charge in [0.2, 0.25) is 6.41 Å². The maximum Gasteiger partial charge on any atom is 0.253 e. The first-order valence-electron chi connectivity index (χ1n) is 6.35. The second-order valence-electron chi connectivity index (χ2n) is 4.58. The lowest BCUT2D eigenvalue weighted by Crippen LogP contribution is -2.13. The zero-order chi connectivity index (χ0) is 15.7. The van der Waals surface area contributed by atoms with Gasteiger partial charge in [0.15, 0.2) is 12.0 Å². The molecule has 22 heavy (non-hydrogen) atoms. The normalized spacial score (nSPS) is 10.5. The Balaban J connectivity index is 2.15. The minimum atomic E-state index is -0.649. The van der Waals surface area contributed by atoms with Crippen molar-refractivity contribution in [1.82, 2.24) is 4.98 Å². The predicted octanol–water partition coefficient (Wildman–Crippen LogP) is 1.91. The predicted molar refractivity (Wildman–Crippen MR) is 79.6 cm³/mol. The Morgan fingerprint density at radius 1 is 1.23 bits per heavy atom. The summed E-state index contributed by atoms with van der Waals surface area (Å²) in [5, 5.41) is 3.00. The number of benzene rings is 1. The number of fused-ring (bicyclic) bond motifs is 1. The van der Waals surface area contributed by atoms with Gasteiger partial charge in [0.25, 0.3) is 5.91 Å². The Bertz CT molecular complexity index is 891. The number of carbonyl (C=O) groups excluding carboxylic acids is 3. The van der Waals surface area contributed by atoms with Gasteiger partial charge >= 0.3 is 0 Å². The first kappa shape index (κ1) is 13.6. The maximum atomic E-state index is 11.6. The van der Waals surface area contributed by atoms with Crippen LogP contribution in [0, 0.1) is 0 Å². The number of nitrogens with one attached hydrogen (secondary N) is 2. The van der Waals surface area contributed by atoms with Gasteiger partial charge in [-0.25, -0.2) is 0 Å². The number of hydrogen-bond acceptors (Lipinski definition) is 4. The summed E-state index contributed by atoms with van der Waals surface area (Å²) in [7, 11) is 0. The molecule has 3 rings (SSSR count). The molecule has 0 saturated heterocycles. The molecule has 0 fully saturated rings. The number of aldehydes is 1. The summed E-state index contributed by atoms with van der Waals surface area (Å²) < 4.78 is 5.35. The molecule has 0 saturated carbocycles. The van der Waals surface area contributed by atoms with Gasteiger partial charge in [0.1, 0.15) is 11.6 Å². The summed E-state index contributed by atoms with van der Waals surface area (Å²) >= 11 is 0. The van der Waals surface area contributed by atoms with Crippen LogP contribution in [-0.2, 0) is 4.79 Å². The van der Waals surface area contributed by atoms with Crippen molar-refractivity contribution in [2.24, 2.45) is 5.73 Å². The van der Waals surface area contributed by atoms with Crippen LogP contribution in [0.3, 0.4) is 0 Å². The van der Waals surface area contributed by atoms with E-state index in [2.05, 4.69) is 10.3 Å². The number of carbonyl (C=O) groups is 3. The molecule has 0 aliphatic heterocycles. The SMILES string of the molecule is NC(=O)c1c(NC=O)[nH]c2cc(-c3ccc(C=O)o3)ccc12. The molecule has 1 aromatic carbocycles. The largest absolute Gasteiger partial charge is 0.453 e. The lowest BCUT2D eigenvalue weighted by atomic mass is 10.1. The minimum Gasteiger partial charge on any atom is -0.453 e. The Labute approximate surface area is 124 Å². The summed E-state index contributed by atoms with van der Waals surface area (Å²) in [6.45, 7) is 0. The van der Waals surface area contributed by atoms with Gasteiger partial charge in [-0.2, -0.15) is 0 Å². The molecule has 2 heterocycles. The standard InChI is InChI=1S/C15H11N3O4/c16-14(21)13-10-3-1-8(12-4-2-9(6-19)22-12)5-11(10)18-15(13)17-7-20/h1-7,18H,(H2,16,21)(H,17,20). The fourth-order valence-corrected chi connectivity index (χ4v) is 2.35. The van der Waals surface area contributed by atoms with Crippen LogP contribution in [0.1, 0.15) is 20.9 Å². The molecule has 0 spiro atoms. The molecule has 7 heteroatoms. The lowest BCUT2D eigenvalue weighted by molar-refractivity contribution is -0.105. The topological polar surface area (TPSA) is 118 Å². The number of rotatable bonds is 5. The molecule has 0 aliphatic carbocycles. The van der Waals surface area contributed by atoms with Crippen molar-refractivity contribution >= 4 is 35.3 Å². The molecule has 0 radical (unpaired) electrons. The Morgan fingerprint density at radius 3 is 2.68 bits per heavy atom. The first-order chi connectivity index (χ1) is 10.6. The molecule has 0 bridgehead atoms. The zero-order valence-corrected chi connectivity index (χ0v) is 11.3. The number of H-pyrrole nitrogens is 1. The maximum absolute atomic E-state index is 11.6. The lowest BCUT2D eigenvalue weighted by Gasteiger charge is -1.99. The van der Waals surface area contributed by atoms with Gasteiger partial charge in [-0.05, 0) is 18.2 Å². The van der Waals surface area contributed by atoms with Crippen molar-refractivity contribution < 1.29 is 18.8 Å². The summed E-state index contributed by atoms with van der Waals surface area (Å²) in [5.74, 6) is 0.333. The van der Waals surface area contributed by atoms with Crippen LogP contribution in [-0.4, -0.2) is 23.6 Å². The van der Waals surface area contributed by atoms with Crippen LogP contribution in [0.5, 0.6) is 0 Å². The summed E-state index contributed by atoms with van der Waals surface area (Å²) in [6.07, 6.45) is 1.08. The number of anilines is 1. The highest BCUT2D eigenvalue weighted by molar-refractivity contribution is 6.12. The van der Waals surface area contributed by atoms with Crippen LogP contribution >= 0.6 is 0 Å². The molecule has 3 aromatic rings. The monoisotopic (exact) mass is 297 g/mol. The highest BCUT2D eigenvalue weighted by Gasteiger charge is 2.17. The van der Waals surface area contributed by atoms with E-state index in [-0.39, 0.29) is 17.1 Å². The van der Waals surface area contributed by atoms with Crippen molar-refractivity contribution in [3.05, 3.63) is 41.7 Å². The third-order valence-corrected chi connectivity index (χ3v) is 3.28. The van der Waals surface area contributed by atoms with Crippen LogP contribution in [0.15, 0.2) is 34.7 Å². The van der Waals surface area contributed by atoms with Crippen molar-refractivity contribution in [1.29, 1.82) is 0 Å². The number of furan rings is 1. The van der Waals surface area contributed by atoms with E-state index < -0.39 is 5.91 Å². The molecule has 7 nitrogen and oxygen atoms in total. The Morgan fingerprint density at radius 2 is 2.05 bits per heavy atom. The number of primary amides is 1. The number of nitrogens with two attached hydrogens (primary N) is 1. The third-order valence-electron chi connectivity index (χ3n) is 3.28. The second kappa shape index (κ2) is 5.21. The van der Waals surface area contributed by atoms with E-state index in [0.29, 0.717) is 29.4 Å². The van der Waals surface area contributed by atoms with E-state index in [4.69, 9.17) is 10.2 Å². The van der Waals surface area contributed by atoms with Gasteiger partial charge in [-0.1, -0.05) is 12.1 Å². The van der Waals surface area contributed by atoms with Crippen LogP contribution < -0.4 is 11.1 Å². The molecule has 0 unspecified atom stereocenters. The highest BCUT2D eigenvalue weighted by atomic mass is 16.3. The van der Waals surface area contributed by atoms with Crippen molar-refractivity contribution in [2.75, 3.05) is 5.32 Å². The van der Waals surface area contributed by atoms with E-state index in [0.717, 1.165) is 5.56 Å². The first-order valence-corrected chi connectivity index (χ1v) is 6.35. The van der Waals surface area contributed by atoms with Crippen molar-refractivity contribution in [3.63, 3.8) is 0 Å². The summed E-state index contributed by atoms with van der Waals surface area (Å²) in [5.41, 5.74) is 6.89. The fraction of sp³-hybridized carbons (Fsp3) is 0. The average Bonchev–Trinajstić information content (AvgIpc) is 3.10. The summed E-state index contributed by atoms with van der Waals surface area (Å²) in [6, 6.07) is 8.41. The van der Waals surface area contributed by atoms with Crippen LogP contribution in [0.25, 0.3) is 22.2 Å². The van der Waals surface area contributed by atoms with E-state index in [1.807, 2.05) is 0 Å². The quantitative estimate of drug-likeness (QED) is 0.623. The third kappa shape index (κ3) is 2.14. The Hall–Kier alpha value is -3.35. The number of aromatic amines is 1. The smallest absolute Gasteiger partial charge is 0.253 e. The van der Waals surface area contributed by atoms with Crippen LogP contribution in [0.2, 0.25) is 0 Å². The molecule has 4 N–H and O–H groups in total. The molecular weight excluding hydrogens is 286 g/mol. The second-order valence-corrected chi connectivity index (χ2v) is 4.58. The van der Waals surface area contributed by atoms with Gasteiger partial charge in [0.05, 0.1) is 5.56 Å².